The molecule has 0 spiro atoms. The number of unbranched alkanes of at least 4 members (excludes halogenated alkanes) is 2. The molecule has 0 saturated carbocycles. The first-order valence-corrected chi connectivity index (χ1v) is 8.18. The van der Waals surface area contributed by atoms with Gasteiger partial charge in [-0.25, -0.2) is 0 Å². The summed E-state index contributed by atoms with van der Waals surface area (Å²) in [5.74, 6) is 6.51. The Morgan fingerprint density at radius 1 is 1.26 bits per heavy atom. The highest BCUT2D eigenvalue weighted by Crippen LogP contribution is 2.07. The van der Waals surface area contributed by atoms with Crippen molar-refractivity contribution in [2.75, 3.05) is 11.9 Å². The molecule has 0 fully saturated rings. The summed E-state index contributed by atoms with van der Waals surface area (Å²) in [5.41, 5.74) is 1.35. The summed E-state index contributed by atoms with van der Waals surface area (Å²) in [6.07, 6.45) is 5.42. The quantitative estimate of drug-likeness (QED) is 0.386. The first kappa shape index (κ1) is 16.3. The van der Waals surface area contributed by atoms with Gasteiger partial charge in [0.15, 0.2) is 0 Å². The minimum Gasteiger partial charge on any atom is -0.365 e. The van der Waals surface area contributed by atoms with Gasteiger partial charge in [-0.3, -0.25) is 0 Å². The second-order valence-electron chi connectivity index (χ2n) is 4.50. The molecule has 1 unspecified atom stereocenters. The van der Waals surface area contributed by atoms with E-state index >= 15 is 0 Å². The fourth-order valence-corrected chi connectivity index (χ4v) is 1.96. The highest BCUT2D eigenvalue weighted by Gasteiger charge is 2.05. The number of rotatable bonds is 8. The van der Waals surface area contributed by atoms with E-state index in [9.17, 15) is 0 Å². The maximum Gasteiger partial charge on any atom is 0.118 e. The zero-order chi connectivity index (χ0) is 13.8. The van der Waals surface area contributed by atoms with Gasteiger partial charge in [-0.05, 0) is 24.8 Å². The zero-order valence-electron chi connectivity index (χ0n) is 11.7. The standard InChI is InChI=1S/C17H23BrO/c1-2-3-4-8-11-17(19-15-14-18)13-12-16-9-6-5-7-10-16/h5-7,9-10,17H,2-4,12-15H2,1H3. The van der Waals surface area contributed by atoms with Crippen LogP contribution in [-0.2, 0) is 11.2 Å². The Morgan fingerprint density at radius 3 is 2.74 bits per heavy atom. The first-order chi connectivity index (χ1) is 9.36. The molecule has 0 amide bonds. The molecule has 19 heavy (non-hydrogen) atoms. The lowest BCUT2D eigenvalue weighted by Gasteiger charge is -2.11. The second kappa shape index (κ2) is 11.1. The molecule has 0 radical (unpaired) electrons. The van der Waals surface area contributed by atoms with Crippen LogP contribution in [0.2, 0.25) is 0 Å². The lowest BCUT2D eigenvalue weighted by atomic mass is 10.1. The monoisotopic (exact) mass is 322 g/mol. The summed E-state index contributed by atoms with van der Waals surface area (Å²) < 4.78 is 5.77. The van der Waals surface area contributed by atoms with E-state index in [1.54, 1.807) is 0 Å². The Bertz CT molecular complexity index is 377. The third-order valence-electron chi connectivity index (χ3n) is 2.85. The minimum atomic E-state index is 0.0645. The van der Waals surface area contributed by atoms with Crippen LogP contribution in [0, 0.1) is 11.8 Å². The maximum atomic E-state index is 5.77. The molecular formula is C17H23BrO. The molecule has 0 heterocycles. The number of hydrogen-bond acceptors (Lipinski definition) is 1. The van der Waals surface area contributed by atoms with Crippen molar-refractivity contribution in [3.8, 4) is 11.8 Å². The van der Waals surface area contributed by atoms with Crippen LogP contribution in [0.25, 0.3) is 0 Å². The van der Waals surface area contributed by atoms with Crippen molar-refractivity contribution in [3.05, 3.63) is 35.9 Å². The fourth-order valence-electron chi connectivity index (χ4n) is 1.78. The molecular weight excluding hydrogens is 300 g/mol. The normalized spacial score (nSPS) is 11.7. The SMILES string of the molecule is CCCCC#CC(CCc1ccccc1)OCCBr. The third kappa shape index (κ3) is 8.08. The van der Waals surface area contributed by atoms with Crippen LogP contribution in [0.3, 0.4) is 0 Å². The van der Waals surface area contributed by atoms with Gasteiger partial charge in [0.25, 0.3) is 0 Å². The number of benzene rings is 1. The van der Waals surface area contributed by atoms with Gasteiger partial charge in [0.05, 0.1) is 6.61 Å². The van der Waals surface area contributed by atoms with Gasteiger partial charge in [-0.1, -0.05) is 65.5 Å². The predicted octanol–water partition coefficient (Wildman–Crippen LogP) is 4.59. The Kier molecular flexibility index (Phi) is 9.49. The summed E-state index contributed by atoms with van der Waals surface area (Å²) >= 11 is 3.39. The van der Waals surface area contributed by atoms with Gasteiger partial charge in [0.2, 0.25) is 0 Å². The van der Waals surface area contributed by atoms with Crippen molar-refractivity contribution in [2.24, 2.45) is 0 Å². The van der Waals surface area contributed by atoms with Crippen molar-refractivity contribution in [1.29, 1.82) is 0 Å². The fraction of sp³-hybridized carbons (Fsp3) is 0.529. The summed E-state index contributed by atoms with van der Waals surface area (Å²) in [6.45, 7) is 2.91. The predicted molar refractivity (Wildman–Crippen MR) is 85.6 cm³/mol. The minimum absolute atomic E-state index is 0.0645. The van der Waals surface area contributed by atoms with Crippen LogP contribution >= 0.6 is 15.9 Å². The van der Waals surface area contributed by atoms with Crippen molar-refractivity contribution in [1.82, 2.24) is 0 Å². The summed E-state index contributed by atoms with van der Waals surface area (Å²) in [4.78, 5) is 0. The Labute approximate surface area is 125 Å². The third-order valence-corrected chi connectivity index (χ3v) is 3.18. The lowest BCUT2D eigenvalue weighted by Crippen LogP contribution is -2.13. The van der Waals surface area contributed by atoms with Gasteiger partial charge >= 0.3 is 0 Å². The average Bonchev–Trinajstić information content (AvgIpc) is 2.46. The zero-order valence-corrected chi connectivity index (χ0v) is 13.3. The molecule has 0 aliphatic heterocycles. The molecule has 1 atom stereocenters. The molecule has 1 aromatic rings. The number of aryl methyl sites for hydroxylation is 1. The largest absolute Gasteiger partial charge is 0.365 e. The van der Waals surface area contributed by atoms with E-state index in [0.29, 0.717) is 0 Å². The summed E-state index contributed by atoms with van der Waals surface area (Å²) in [5, 5.41) is 0.867. The van der Waals surface area contributed by atoms with E-state index in [4.69, 9.17) is 4.74 Å². The Morgan fingerprint density at radius 2 is 2.05 bits per heavy atom. The lowest BCUT2D eigenvalue weighted by molar-refractivity contribution is 0.0997. The van der Waals surface area contributed by atoms with Gasteiger partial charge in [-0.2, -0.15) is 0 Å². The summed E-state index contributed by atoms with van der Waals surface area (Å²) in [6, 6.07) is 10.5. The van der Waals surface area contributed by atoms with Crippen LogP contribution in [0.15, 0.2) is 30.3 Å². The van der Waals surface area contributed by atoms with Gasteiger partial charge in [-0.15, -0.1) is 5.92 Å². The van der Waals surface area contributed by atoms with E-state index in [-0.39, 0.29) is 6.10 Å². The van der Waals surface area contributed by atoms with Gasteiger partial charge in [0, 0.05) is 11.8 Å². The van der Waals surface area contributed by atoms with E-state index in [1.165, 1.54) is 18.4 Å². The molecule has 1 rings (SSSR count). The molecule has 0 aromatic heterocycles. The molecule has 0 bridgehead atoms. The van der Waals surface area contributed by atoms with Crippen LogP contribution in [-0.4, -0.2) is 18.0 Å². The Hall–Kier alpha value is -0.780. The second-order valence-corrected chi connectivity index (χ2v) is 5.29. The topological polar surface area (TPSA) is 9.23 Å². The highest BCUT2D eigenvalue weighted by molar-refractivity contribution is 9.09. The van der Waals surface area contributed by atoms with E-state index in [0.717, 1.165) is 31.2 Å². The van der Waals surface area contributed by atoms with Crippen molar-refractivity contribution in [3.63, 3.8) is 0 Å². The van der Waals surface area contributed by atoms with Crippen LogP contribution in [0.4, 0.5) is 0 Å². The van der Waals surface area contributed by atoms with Crippen LogP contribution < -0.4 is 0 Å². The van der Waals surface area contributed by atoms with Crippen LogP contribution in [0.5, 0.6) is 0 Å². The first-order valence-electron chi connectivity index (χ1n) is 7.06. The molecule has 0 saturated heterocycles. The highest BCUT2D eigenvalue weighted by atomic mass is 79.9. The molecule has 0 aliphatic carbocycles. The molecule has 1 aromatic carbocycles. The molecule has 1 nitrogen and oxygen atoms in total. The number of ether oxygens (including phenoxy) is 1. The number of halogens is 1. The van der Waals surface area contributed by atoms with Crippen molar-refractivity contribution in [2.45, 2.75) is 45.1 Å². The average molecular weight is 323 g/mol. The van der Waals surface area contributed by atoms with Crippen molar-refractivity contribution >= 4 is 15.9 Å². The number of alkyl halides is 1. The van der Waals surface area contributed by atoms with E-state index in [2.05, 4.69) is 59.0 Å². The summed E-state index contributed by atoms with van der Waals surface area (Å²) in [7, 11) is 0. The van der Waals surface area contributed by atoms with Crippen molar-refractivity contribution < 1.29 is 4.74 Å². The van der Waals surface area contributed by atoms with E-state index in [1.807, 2.05) is 6.07 Å². The number of hydrogen-bond donors (Lipinski definition) is 0. The molecule has 0 N–H and O–H groups in total. The maximum absolute atomic E-state index is 5.77. The van der Waals surface area contributed by atoms with Crippen LogP contribution in [0.1, 0.15) is 38.2 Å². The van der Waals surface area contributed by atoms with Gasteiger partial charge < -0.3 is 4.74 Å². The van der Waals surface area contributed by atoms with E-state index < -0.39 is 0 Å². The smallest absolute Gasteiger partial charge is 0.118 e. The Balaban J connectivity index is 2.41. The molecule has 104 valence electrons. The van der Waals surface area contributed by atoms with Gasteiger partial charge in [0.1, 0.15) is 6.10 Å². The molecule has 2 heteroatoms. The molecule has 0 aliphatic rings.